The fourth-order valence-corrected chi connectivity index (χ4v) is 3.17. The maximum Gasteiger partial charge on any atom is 0.277 e. The molecule has 0 unspecified atom stereocenters. The Labute approximate surface area is 185 Å². The highest BCUT2D eigenvalue weighted by molar-refractivity contribution is 6.33. The zero-order chi connectivity index (χ0) is 22.7. The molecule has 0 aliphatic rings. The van der Waals surface area contributed by atoms with Crippen LogP contribution in [0.5, 0.6) is 0 Å². The van der Waals surface area contributed by atoms with Crippen LogP contribution in [0, 0.1) is 13.8 Å². The largest absolute Gasteiger partial charge is 0.289 e. The number of carbonyl (C=O) groups is 3. The van der Waals surface area contributed by atoms with E-state index in [9.17, 15) is 14.4 Å². The summed E-state index contributed by atoms with van der Waals surface area (Å²) in [6.45, 7) is 3.35. The molecule has 2 aromatic rings. The summed E-state index contributed by atoms with van der Waals surface area (Å²) in [5.41, 5.74) is 1.84. The number of rotatable bonds is 6. The first-order valence-corrected chi connectivity index (χ1v) is 9.58. The highest BCUT2D eigenvalue weighted by atomic mass is 35.5. The lowest BCUT2D eigenvalue weighted by atomic mass is 9.95. The number of ketones is 1. The van der Waals surface area contributed by atoms with Crippen LogP contribution in [0.3, 0.4) is 0 Å². The highest BCUT2D eigenvalue weighted by Crippen LogP contribution is 2.28. The Hall–Kier alpha value is -2.45. The Morgan fingerprint density at radius 3 is 1.37 bits per heavy atom. The van der Waals surface area contributed by atoms with Crippen LogP contribution in [-0.2, 0) is 9.68 Å². The number of hydrogen-bond acceptors (Lipinski definition) is 5. The molecule has 0 bridgehead atoms. The molecule has 0 saturated heterocycles. The third-order valence-electron chi connectivity index (χ3n) is 4.79. The predicted molar refractivity (Wildman–Crippen MR) is 114 cm³/mol. The molecule has 0 aromatic heterocycles. The summed E-state index contributed by atoms with van der Waals surface area (Å²) >= 11 is 12.5. The van der Waals surface area contributed by atoms with E-state index in [2.05, 4.69) is 0 Å². The van der Waals surface area contributed by atoms with E-state index in [0.29, 0.717) is 11.1 Å². The maximum absolute atomic E-state index is 13.2. The van der Waals surface area contributed by atoms with Gasteiger partial charge in [0.15, 0.2) is 5.78 Å². The molecule has 0 heterocycles. The van der Waals surface area contributed by atoms with E-state index < -0.39 is 17.6 Å². The van der Waals surface area contributed by atoms with Crippen molar-refractivity contribution in [1.29, 1.82) is 0 Å². The van der Waals surface area contributed by atoms with Crippen molar-refractivity contribution >= 4 is 40.8 Å². The molecule has 9 heteroatoms. The van der Waals surface area contributed by atoms with E-state index >= 15 is 0 Å². The molecule has 30 heavy (non-hydrogen) atoms. The van der Waals surface area contributed by atoms with Crippen LogP contribution in [0.1, 0.15) is 47.8 Å². The second-order valence-electron chi connectivity index (χ2n) is 6.56. The van der Waals surface area contributed by atoms with Gasteiger partial charge in [-0.1, -0.05) is 23.2 Å². The van der Waals surface area contributed by atoms with Crippen LogP contribution in [0.25, 0.3) is 0 Å². The van der Waals surface area contributed by atoms with Crippen LogP contribution >= 0.6 is 23.2 Å². The third kappa shape index (κ3) is 4.65. The lowest BCUT2D eigenvalue weighted by molar-refractivity contribution is -0.0757. The first kappa shape index (κ1) is 23.8. The van der Waals surface area contributed by atoms with Gasteiger partial charge < -0.3 is 0 Å². The van der Waals surface area contributed by atoms with Crippen molar-refractivity contribution in [1.82, 2.24) is 10.1 Å². The molecule has 160 valence electrons. The van der Waals surface area contributed by atoms with Gasteiger partial charge in [-0.2, -0.15) is 0 Å². The minimum Gasteiger partial charge on any atom is -0.289 e. The van der Waals surface area contributed by atoms with Crippen LogP contribution in [0.4, 0.5) is 0 Å². The molecule has 2 amide bonds. The number of halogens is 2. The molecule has 7 nitrogen and oxygen atoms in total. The SMILES string of the molecule is CON(C)C(=O)c1cc(C(=O)c2cc(Cl)c(C)c(C(=O)N(C)OC)c2)cc(Cl)c1C. The minimum atomic E-state index is -0.453. The first-order chi connectivity index (χ1) is 14.0. The van der Waals surface area contributed by atoms with Gasteiger partial charge in [-0.15, -0.1) is 0 Å². The molecular weight excluding hydrogens is 431 g/mol. The van der Waals surface area contributed by atoms with Gasteiger partial charge in [0.1, 0.15) is 0 Å². The number of amides is 2. The summed E-state index contributed by atoms with van der Waals surface area (Å²) in [5, 5.41) is 2.57. The molecular formula is C21H22Cl2N2O5. The monoisotopic (exact) mass is 452 g/mol. The predicted octanol–water partition coefficient (Wildman–Crippen LogP) is 4.11. The van der Waals surface area contributed by atoms with Gasteiger partial charge in [-0.05, 0) is 49.2 Å². The normalized spacial score (nSPS) is 10.7. The Balaban J connectivity index is 2.59. The van der Waals surface area contributed by atoms with Gasteiger partial charge in [0.25, 0.3) is 11.8 Å². The van der Waals surface area contributed by atoms with Crippen LogP contribution in [0.2, 0.25) is 10.0 Å². The number of benzene rings is 2. The maximum atomic E-state index is 13.2. The van der Waals surface area contributed by atoms with Crippen LogP contribution < -0.4 is 0 Å². The third-order valence-corrected chi connectivity index (χ3v) is 5.58. The summed E-state index contributed by atoms with van der Waals surface area (Å²) in [6.07, 6.45) is 0. The average Bonchev–Trinajstić information content (AvgIpc) is 2.74. The van der Waals surface area contributed by atoms with Crippen LogP contribution in [0.15, 0.2) is 24.3 Å². The molecule has 0 atom stereocenters. The van der Waals surface area contributed by atoms with Gasteiger partial charge in [-0.25, -0.2) is 10.1 Å². The zero-order valence-electron chi connectivity index (χ0n) is 17.5. The van der Waals surface area contributed by atoms with E-state index in [0.717, 1.165) is 10.1 Å². The van der Waals surface area contributed by atoms with E-state index in [1.54, 1.807) is 13.8 Å². The summed E-state index contributed by atoms with van der Waals surface area (Å²) in [4.78, 5) is 48.2. The first-order valence-electron chi connectivity index (χ1n) is 8.82. The van der Waals surface area contributed by atoms with E-state index in [1.165, 1.54) is 52.6 Å². The molecule has 0 spiro atoms. The van der Waals surface area contributed by atoms with E-state index in [-0.39, 0.29) is 32.3 Å². The lowest BCUT2D eigenvalue weighted by Gasteiger charge is -2.18. The van der Waals surface area contributed by atoms with Crippen molar-refractivity contribution in [2.24, 2.45) is 0 Å². The quantitative estimate of drug-likeness (QED) is 0.486. The summed E-state index contributed by atoms with van der Waals surface area (Å²) in [5.74, 6) is -1.35. The van der Waals surface area contributed by atoms with Crippen molar-refractivity contribution in [3.63, 3.8) is 0 Å². The molecule has 2 rings (SSSR count). The zero-order valence-corrected chi connectivity index (χ0v) is 19.0. The molecule has 0 aliphatic carbocycles. The molecule has 0 radical (unpaired) electrons. The standard InChI is InChI=1S/C21H22Cl2N2O5/c1-11-15(20(27)24(3)29-5)7-13(9-17(11)22)19(26)14-8-16(12(2)18(23)10-14)21(28)25(4)30-6/h7-10H,1-6H3. The number of hydrogen-bond donors (Lipinski definition) is 0. The van der Waals surface area contributed by atoms with Crippen LogP contribution in [-0.4, -0.2) is 56.0 Å². The van der Waals surface area contributed by atoms with Gasteiger partial charge in [0, 0.05) is 46.4 Å². The van der Waals surface area contributed by atoms with Crippen molar-refractivity contribution < 1.29 is 24.1 Å². The van der Waals surface area contributed by atoms with Gasteiger partial charge in [-0.3, -0.25) is 24.1 Å². The van der Waals surface area contributed by atoms with Gasteiger partial charge in [0.2, 0.25) is 0 Å². The van der Waals surface area contributed by atoms with E-state index in [4.69, 9.17) is 32.9 Å². The summed E-state index contributed by atoms with van der Waals surface area (Å²) in [7, 11) is 5.61. The number of carbonyl (C=O) groups excluding carboxylic acids is 3. The smallest absolute Gasteiger partial charge is 0.277 e. The van der Waals surface area contributed by atoms with Gasteiger partial charge in [0.05, 0.1) is 14.2 Å². The molecule has 0 aliphatic heterocycles. The number of hydroxylamine groups is 4. The number of nitrogens with zero attached hydrogens (tertiary/aromatic N) is 2. The Kier molecular flexibility index (Phi) is 7.60. The highest BCUT2D eigenvalue weighted by Gasteiger charge is 2.23. The fraction of sp³-hybridized carbons (Fsp3) is 0.286. The topological polar surface area (TPSA) is 76.2 Å². The lowest BCUT2D eigenvalue weighted by Crippen LogP contribution is -2.27. The van der Waals surface area contributed by atoms with Crippen molar-refractivity contribution in [2.75, 3.05) is 28.3 Å². The molecule has 0 saturated carbocycles. The summed E-state index contributed by atoms with van der Waals surface area (Å²) in [6, 6.07) is 5.83. The van der Waals surface area contributed by atoms with Crippen molar-refractivity contribution in [3.8, 4) is 0 Å². The Morgan fingerprint density at radius 2 is 1.07 bits per heavy atom. The second-order valence-corrected chi connectivity index (χ2v) is 7.38. The fourth-order valence-electron chi connectivity index (χ4n) is 2.74. The van der Waals surface area contributed by atoms with E-state index in [1.807, 2.05) is 0 Å². The second kappa shape index (κ2) is 9.57. The molecule has 0 fully saturated rings. The Bertz CT molecular complexity index is 943. The average molecular weight is 453 g/mol. The molecule has 2 aromatic carbocycles. The minimum absolute atomic E-state index is 0.178. The van der Waals surface area contributed by atoms with Gasteiger partial charge >= 0.3 is 0 Å². The van der Waals surface area contributed by atoms with Crippen molar-refractivity contribution in [2.45, 2.75) is 13.8 Å². The Morgan fingerprint density at radius 1 is 0.733 bits per heavy atom. The van der Waals surface area contributed by atoms with Crippen molar-refractivity contribution in [3.05, 3.63) is 67.7 Å². The molecule has 0 N–H and O–H groups in total. The summed E-state index contributed by atoms with van der Waals surface area (Å²) < 4.78 is 0.